The zero-order valence-corrected chi connectivity index (χ0v) is 22.6. The van der Waals surface area contributed by atoms with E-state index in [9.17, 15) is 0 Å². The van der Waals surface area contributed by atoms with Crippen LogP contribution in [0.4, 0.5) is 0 Å². The molecule has 0 atom stereocenters. The maximum absolute atomic E-state index is 6.95. The maximum Gasteiger partial charge on any atom is 0.228 e. The van der Waals surface area contributed by atoms with E-state index in [0.29, 0.717) is 11.8 Å². The van der Waals surface area contributed by atoms with Crippen LogP contribution in [0.15, 0.2) is 54.7 Å². The smallest absolute Gasteiger partial charge is 0.228 e. The van der Waals surface area contributed by atoms with Gasteiger partial charge in [0.1, 0.15) is 18.5 Å². The minimum atomic E-state index is 0.532. The van der Waals surface area contributed by atoms with E-state index >= 15 is 0 Å². The Balaban J connectivity index is 1.77. The summed E-state index contributed by atoms with van der Waals surface area (Å²) in [5.74, 6) is 3.19. The summed E-state index contributed by atoms with van der Waals surface area (Å²) in [5, 5.41) is 7.77. The Bertz CT molecular complexity index is 1690. The zero-order chi connectivity index (χ0) is 25.3. The first kappa shape index (κ1) is 23.0. The van der Waals surface area contributed by atoms with E-state index < -0.39 is 0 Å². The Morgan fingerprint density at radius 2 is 1.58 bits per heavy atom. The molecule has 0 aliphatic carbocycles. The Kier molecular flexibility index (Phi) is 5.33. The van der Waals surface area contributed by atoms with Gasteiger partial charge in [-0.05, 0) is 82.8 Å². The van der Waals surface area contributed by atoms with Gasteiger partial charge in [-0.25, -0.2) is 4.57 Å². The van der Waals surface area contributed by atoms with Gasteiger partial charge in [0.25, 0.3) is 0 Å². The first-order valence-electron chi connectivity index (χ1n) is 13.4. The maximum atomic E-state index is 6.95. The normalized spacial score (nSPS) is 12.7. The number of fused-ring (bicyclic) bond motifs is 5. The predicted molar refractivity (Wildman–Crippen MR) is 152 cm³/mol. The molecule has 6 rings (SSSR count). The number of pyridine rings is 1. The highest BCUT2D eigenvalue weighted by molar-refractivity contribution is 6.17. The van der Waals surface area contributed by atoms with Gasteiger partial charge in [-0.3, -0.25) is 0 Å². The molecule has 0 amide bonds. The first-order valence-corrected chi connectivity index (χ1v) is 13.4. The summed E-state index contributed by atoms with van der Waals surface area (Å²) >= 11 is 0. The highest BCUT2D eigenvalue weighted by Gasteiger charge is 2.33. The molecule has 1 aliphatic heterocycles. The van der Waals surface area contributed by atoms with Gasteiger partial charge in [0.05, 0.1) is 10.9 Å². The van der Waals surface area contributed by atoms with Crippen molar-refractivity contribution in [2.75, 3.05) is 0 Å². The summed E-state index contributed by atoms with van der Waals surface area (Å²) in [7, 11) is 2.18. The molecular weight excluding hydrogens is 438 g/mol. The fourth-order valence-corrected chi connectivity index (χ4v) is 6.34. The Hall–Kier alpha value is -3.39. The summed E-state index contributed by atoms with van der Waals surface area (Å²) in [6.07, 6.45) is 4.31. The SMILES string of the molecule is Cc1c2c(c(CC(C)C)c3ccc(CC(C)C)cc13)Oc1cc3cccc(C)c3c3cc[n+](C)c-2c13. The third-order valence-corrected chi connectivity index (χ3v) is 7.83. The molecule has 0 radical (unpaired) electrons. The molecule has 36 heavy (non-hydrogen) atoms. The molecule has 0 spiro atoms. The molecule has 0 fully saturated rings. The molecule has 0 unspecified atom stereocenters. The number of hydrogen-bond donors (Lipinski definition) is 0. The van der Waals surface area contributed by atoms with Crippen molar-refractivity contribution >= 4 is 32.3 Å². The van der Waals surface area contributed by atoms with Crippen molar-refractivity contribution in [3.8, 4) is 22.8 Å². The van der Waals surface area contributed by atoms with Gasteiger partial charge in [0, 0.05) is 17.0 Å². The Morgan fingerprint density at radius 1 is 0.806 bits per heavy atom. The van der Waals surface area contributed by atoms with Crippen LogP contribution in [0.2, 0.25) is 0 Å². The fraction of sp³-hybridized carbons (Fsp3) is 0.324. The Morgan fingerprint density at radius 3 is 2.33 bits per heavy atom. The quantitative estimate of drug-likeness (QED) is 0.184. The van der Waals surface area contributed by atoms with Crippen molar-refractivity contribution in [3.63, 3.8) is 0 Å². The zero-order valence-electron chi connectivity index (χ0n) is 22.6. The minimum Gasteiger partial charge on any atom is -0.455 e. The Labute approximate surface area is 214 Å². The van der Waals surface area contributed by atoms with Gasteiger partial charge in [-0.2, -0.15) is 0 Å². The lowest BCUT2D eigenvalue weighted by Gasteiger charge is -2.26. The third kappa shape index (κ3) is 3.42. The lowest BCUT2D eigenvalue weighted by atomic mass is 9.84. The predicted octanol–water partition coefficient (Wildman–Crippen LogP) is 8.76. The lowest BCUT2D eigenvalue weighted by Crippen LogP contribution is -2.32. The molecule has 182 valence electrons. The van der Waals surface area contributed by atoms with Gasteiger partial charge in [0.2, 0.25) is 5.69 Å². The first-order chi connectivity index (χ1) is 17.2. The van der Waals surface area contributed by atoms with Crippen molar-refractivity contribution < 1.29 is 9.30 Å². The van der Waals surface area contributed by atoms with Gasteiger partial charge >= 0.3 is 0 Å². The second kappa shape index (κ2) is 8.34. The van der Waals surface area contributed by atoms with Crippen LogP contribution < -0.4 is 9.30 Å². The van der Waals surface area contributed by atoms with Gasteiger partial charge in [-0.15, -0.1) is 0 Å². The lowest BCUT2D eigenvalue weighted by molar-refractivity contribution is -0.659. The van der Waals surface area contributed by atoms with E-state index in [4.69, 9.17) is 4.74 Å². The minimum absolute atomic E-state index is 0.532. The molecule has 2 nitrogen and oxygen atoms in total. The van der Waals surface area contributed by atoms with Crippen molar-refractivity contribution in [2.45, 2.75) is 54.4 Å². The molecule has 1 aromatic heterocycles. The number of nitrogens with zero attached hydrogens (tertiary/aromatic N) is 1. The molecule has 2 heteroatoms. The van der Waals surface area contributed by atoms with Crippen LogP contribution in [-0.2, 0) is 19.9 Å². The van der Waals surface area contributed by atoms with Crippen LogP contribution in [0.5, 0.6) is 11.5 Å². The summed E-state index contributed by atoms with van der Waals surface area (Å²) in [6.45, 7) is 13.7. The van der Waals surface area contributed by atoms with Crippen molar-refractivity contribution in [1.29, 1.82) is 0 Å². The fourth-order valence-electron chi connectivity index (χ4n) is 6.34. The summed E-state index contributed by atoms with van der Waals surface area (Å²) < 4.78 is 9.25. The molecule has 2 heterocycles. The molecule has 4 aromatic carbocycles. The van der Waals surface area contributed by atoms with Crippen molar-refractivity contribution in [3.05, 3.63) is 77.0 Å². The average Bonchev–Trinajstić information content (AvgIpc) is 2.82. The van der Waals surface area contributed by atoms with Gasteiger partial charge in [-0.1, -0.05) is 64.1 Å². The van der Waals surface area contributed by atoms with Crippen LogP contribution >= 0.6 is 0 Å². The highest BCUT2D eigenvalue weighted by Crippen LogP contribution is 2.52. The van der Waals surface area contributed by atoms with E-state index in [-0.39, 0.29) is 0 Å². The van der Waals surface area contributed by atoms with Crippen LogP contribution in [0, 0.1) is 25.7 Å². The number of ether oxygens (including phenoxy) is 1. The molecule has 0 saturated carbocycles. The number of aromatic nitrogens is 1. The standard InChI is InChI=1S/C34H36NO/c1-19(2)15-23-11-12-25-27(17-23)22(6)31-33-32-26(13-14-35(33)7)30-21(5)9-8-10-24(30)18-29(32)36-34(31)28(25)16-20(3)4/h8-14,17-20H,15-16H2,1-7H3/q+1. The molecular formula is C34H36NO+. The topological polar surface area (TPSA) is 13.1 Å². The number of aryl methyl sites for hydroxylation is 3. The van der Waals surface area contributed by atoms with E-state index in [0.717, 1.165) is 24.3 Å². The number of benzene rings is 4. The van der Waals surface area contributed by atoms with E-state index in [1.165, 1.54) is 65.8 Å². The van der Waals surface area contributed by atoms with Gasteiger partial charge in [0.15, 0.2) is 6.20 Å². The molecule has 1 aliphatic rings. The highest BCUT2D eigenvalue weighted by atomic mass is 16.5. The van der Waals surface area contributed by atoms with Crippen molar-refractivity contribution in [2.24, 2.45) is 18.9 Å². The second-order valence-corrected chi connectivity index (χ2v) is 11.6. The third-order valence-electron chi connectivity index (χ3n) is 7.83. The van der Waals surface area contributed by atoms with Crippen LogP contribution in [-0.4, -0.2) is 0 Å². The van der Waals surface area contributed by atoms with E-state index in [1.807, 2.05) is 0 Å². The van der Waals surface area contributed by atoms with Crippen LogP contribution in [0.1, 0.15) is 49.9 Å². The van der Waals surface area contributed by atoms with E-state index in [1.54, 1.807) is 0 Å². The molecule has 0 bridgehead atoms. The molecule has 5 aromatic rings. The summed E-state index contributed by atoms with van der Waals surface area (Å²) in [4.78, 5) is 0. The second-order valence-electron chi connectivity index (χ2n) is 11.6. The van der Waals surface area contributed by atoms with E-state index in [2.05, 4.69) is 108 Å². The number of rotatable bonds is 4. The summed E-state index contributed by atoms with van der Waals surface area (Å²) in [6, 6.07) is 18.2. The van der Waals surface area contributed by atoms with Crippen LogP contribution in [0.25, 0.3) is 43.6 Å². The summed E-state index contributed by atoms with van der Waals surface area (Å²) in [5.41, 5.74) is 7.90. The van der Waals surface area contributed by atoms with Gasteiger partial charge < -0.3 is 4.74 Å². The number of hydrogen-bond acceptors (Lipinski definition) is 1. The van der Waals surface area contributed by atoms with Crippen LogP contribution in [0.3, 0.4) is 0 Å². The molecule has 0 N–H and O–H groups in total. The van der Waals surface area contributed by atoms with Crippen molar-refractivity contribution in [1.82, 2.24) is 0 Å². The monoisotopic (exact) mass is 474 g/mol. The molecule has 0 saturated heterocycles. The average molecular weight is 475 g/mol. The largest absolute Gasteiger partial charge is 0.455 e.